The minimum absolute atomic E-state index is 0.0965. The Bertz CT molecular complexity index is 787. The first-order valence-electron chi connectivity index (χ1n) is 8.71. The second-order valence-electron chi connectivity index (χ2n) is 6.59. The van der Waals surface area contributed by atoms with Gasteiger partial charge in [0.15, 0.2) is 0 Å². The van der Waals surface area contributed by atoms with E-state index in [1.165, 1.54) is 12.1 Å². The molecular weight excluding hydrogens is 357 g/mol. The summed E-state index contributed by atoms with van der Waals surface area (Å²) in [5.74, 6) is 0.863. The van der Waals surface area contributed by atoms with Crippen LogP contribution < -0.4 is 15.4 Å². The van der Waals surface area contributed by atoms with Crippen LogP contribution in [0.4, 0.5) is 18.9 Å². The Morgan fingerprint density at radius 3 is 2.48 bits per heavy atom. The van der Waals surface area contributed by atoms with Crippen LogP contribution >= 0.6 is 0 Å². The van der Waals surface area contributed by atoms with Gasteiger partial charge in [-0.15, -0.1) is 0 Å². The van der Waals surface area contributed by atoms with E-state index in [9.17, 15) is 18.0 Å². The van der Waals surface area contributed by atoms with E-state index in [2.05, 4.69) is 10.6 Å². The van der Waals surface area contributed by atoms with Gasteiger partial charge in [-0.05, 0) is 54.7 Å². The van der Waals surface area contributed by atoms with E-state index in [4.69, 9.17) is 4.74 Å². The fourth-order valence-corrected chi connectivity index (χ4v) is 2.93. The van der Waals surface area contributed by atoms with Gasteiger partial charge in [-0.1, -0.05) is 18.2 Å². The first-order valence-corrected chi connectivity index (χ1v) is 8.71. The van der Waals surface area contributed by atoms with E-state index in [0.717, 1.165) is 36.3 Å². The van der Waals surface area contributed by atoms with Crippen LogP contribution in [0.2, 0.25) is 0 Å². The highest BCUT2D eigenvalue weighted by Crippen LogP contribution is 2.41. The van der Waals surface area contributed by atoms with Crippen molar-refractivity contribution in [3.63, 3.8) is 0 Å². The summed E-state index contributed by atoms with van der Waals surface area (Å²) in [6.07, 6.45) is -2.33. The zero-order valence-corrected chi connectivity index (χ0v) is 14.8. The smallest absolute Gasteiger partial charge is 0.416 e. The molecule has 1 aliphatic rings. The van der Waals surface area contributed by atoms with Gasteiger partial charge in [-0.25, -0.2) is 0 Å². The third-order valence-electron chi connectivity index (χ3n) is 4.53. The normalized spacial score (nSPS) is 15.1. The number of hydrogen-bond acceptors (Lipinski definition) is 3. The minimum Gasteiger partial charge on any atom is -0.497 e. The maximum atomic E-state index is 12.8. The second-order valence-corrected chi connectivity index (χ2v) is 6.59. The van der Waals surface area contributed by atoms with Crippen LogP contribution in [0.1, 0.15) is 30.0 Å². The lowest BCUT2D eigenvalue weighted by Crippen LogP contribution is -2.34. The number of carbonyl (C=O) groups excluding carboxylic acids is 1. The van der Waals surface area contributed by atoms with Gasteiger partial charge in [-0.2, -0.15) is 13.2 Å². The lowest BCUT2D eigenvalue weighted by molar-refractivity contribution is -0.137. The van der Waals surface area contributed by atoms with Crippen LogP contribution in [-0.4, -0.2) is 19.6 Å². The van der Waals surface area contributed by atoms with Crippen molar-refractivity contribution in [3.05, 3.63) is 59.7 Å². The van der Waals surface area contributed by atoms with E-state index in [0.29, 0.717) is 5.92 Å². The van der Waals surface area contributed by atoms with E-state index >= 15 is 0 Å². The molecule has 2 aromatic carbocycles. The van der Waals surface area contributed by atoms with Crippen LogP contribution in [-0.2, 0) is 11.0 Å². The number of alkyl halides is 3. The van der Waals surface area contributed by atoms with Crippen molar-refractivity contribution in [1.29, 1.82) is 0 Å². The molecule has 0 aliphatic heterocycles. The number of amides is 1. The molecule has 1 atom stereocenters. The summed E-state index contributed by atoms with van der Waals surface area (Å²) in [7, 11) is 1.59. The second kappa shape index (κ2) is 7.90. The van der Waals surface area contributed by atoms with Crippen molar-refractivity contribution < 1.29 is 22.7 Å². The monoisotopic (exact) mass is 378 g/mol. The van der Waals surface area contributed by atoms with Crippen LogP contribution in [0.3, 0.4) is 0 Å². The molecular formula is C20H21F3N2O2. The fourth-order valence-electron chi connectivity index (χ4n) is 2.93. The predicted molar refractivity (Wildman–Crippen MR) is 96.5 cm³/mol. The van der Waals surface area contributed by atoms with Crippen molar-refractivity contribution in [3.8, 4) is 5.75 Å². The van der Waals surface area contributed by atoms with E-state index in [1.54, 1.807) is 7.11 Å². The number of hydrogen-bond donors (Lipinski definition) is 2. The number of benzene rings is 2. The molecule has 1 saturated carbocycles. The van der Waals surface area contributed by atoms with Crippen LogP contribution in [0, 0.1) is 5.92 Å². The average Bonchev–Trinajstić information content (AvgIpc) is 3.49. The molecule has 2 N–H and O–H groups in total. The van der Waals surface area contributed by atoms with Gasteiger partial charge in [0.25, 0.3) is 0 Å². The molecule has 0 saturated heterocycles. The standard InChI is InChI=1S/C20H21F3N2O2/c1-27-17-9-7-14(8-10-17)19(13-5-6-13)25-18(26)12-24-16-4-2-3-15(11-16)20(21,22)23/h2-4,7-11,13,19,24H,5-6,12H2,1H3,(H,25,26). The van der Waals surface area contributed by atoms with Crippen molar-refractivity contribution in [2.45, 2.75) is 25.1 Å². The van der Waals surface area contributed by atoms with E-state index < -0.39 is 11.7 Å². The number of halogens is 3. The molecule has 2 aromatic rings. The summed E-state index contributed by atoms with van der Waals surface area (Å²) in [6, 6.07) is 12.2. The topological polar surface area (TPSA) is 50.4 Å². The lowest BCUT2D eigenvalue weighted by Gasteiger charge is -2.19. The van der Waals surface area contributed by atoms with Gasteiger partial charge < -0.3 is 15.4 Å². The summed E-state index contributed by atoms with van der Waals surface area (Å²) in [5, 5.41) is 5.74. The number of anilines is 1. The van der Waals surface area contributed by atoms with Gasteiger partial charge in [0.2, 0.25) is 5.91 Å². The molecule has 0 bridgehead atoms. The van der Waals surface area contributed by atoms with Crippen LogP contribution in [0.5, 0.6) is 5.75 Å². The highest BCUT2D eigenvalue weighted by Gasteiger charge is 2.33. The number of carbonyl (C=O) groups is 1. The van der Waals surface area contributed by atoms with E-state index in [-0.39, 0.29) is 24.2 Å². The average molecular weight is 378 g/mol. The Balaban J connectivity index is 1.60. The highest BCUT2D eigenvalue weighted by atomic mass is 19.4. The molecule has 0 spiro atoms. The zero-order valence-electron chi connectivity index (χ0n) is 14.8. The molecule has 1 fully saturated rings. The Kier molecular flexibility index (Phi) is 5.58. The van der Waals surface area contributed by atoms with Crippen molar-refractivity contribution >= 4 is 11.6 Å². The molecule has 144 valence electrons. The third kappa shape index (κ3) is 5.15. The predicted octanol–water partition coefficient (Wildman–Crippen LogP) is 4.39. The molecule has 4 nitrogen and oxygen atoms in total. The fraction of sp³-hybridized carbons (Fsp3) is 0.350. The SMILES string of the molecule is COc1ccc(C(NC(=O)CNc2cccc(C(F)(F)F)c2)C2CC2)cc1. The van der Waals surface area contributed by atoms with Crippen molar-refractivity contribution in [2.75, 3.05) is 19.0 Å². The minimum atomic E-state index is -4.41. The van der Waals surface area contributed by atoms with Crippen LogP contribution in [0.15, 0.2) is 48.5 Å². The Hall–Kier alpha value is -2.70. The quantitative estimate of drug-likeness (QED) is 0.751. The van der Waals surface area contributed by atoms with Crippen molar-refractivity contribution in [2.24, 2.45) is 5.92 Å². The lowest BCUT2D eigenvalue weighted by atomic mass is 10.0. The van der Waals surface area contributed by atoms with Crippen molar-refractivity contribution in [1.82, 2.24) is 5.32 Å². The first-order chi connectivity index (χ1) is 12.9. The molecule has 0 aromatic heterocycles. The molecule has 1 amide bonds. The maximum absolute atomic E-state index is 12.8. The molecule has 0 heterocycles. The summed E-state index contributed by atoms with van der Waals surface area (Å²) < 4.78 is 43.4. The number of nitrogens with one attached hydrogen (secondary N) is 2. The maximum Gasteiger partial charge on any atom is 0.416 e. The van der Waals surface area contributed by atoms with E-state index in [1.807, 2.05) is 24.3 Å². The molecule has 7 heteroatoms. The summed E-state index contributed by atoms with van der Waals surface area (Å²) in [6.45, 7) is -0.0965. The number of rotatable bonds is 7. The van der Waals surface area contributed by atoms with Gasteiger partial charge in [0.05, 0.1) is 25.3 Å². The summed E-state index contributed by atoms with van der Waals surface area (Å²) in [4.78, 5) is 12.3. The third-order valence-corrected chi connectivity index (χ3v) is 4.53. The Morgan fingerprint density at radius 2 is 1.89 bits per heavy atom. The summed E-state index contributed by atoms with van der Waals surface area (Å²) >= 11 is 0. The van der Waals surface area contributed by atoms with Gasteiger partial charge in [-0.3, -0.25) is 4.79 Å². The molecule has 27 heavy (non-hydrogen) atoms. The van der Waals surface area contributed by atoms with Crippen LogP contribution in [0.25, 0.3) is 0 Å². The molecule has 0 radical (unpaired) electrons. The van der Waals surface area contributed by atoms with Gasteiger partial charge in [0.1, 0.15) is 5.75 Å². The Labute approximate surface area is 155 Å². The highest BCUT2D eigenvalue weighted by molar-refractivity contribution is 5.81. The molecule has 1 aliphatic carbocycles. The number of ether oxygens (including phenoxy) is 1. The number of methoxy groups -OCH3 is 1. The zero-order chi connectivity index (χ0) is 19.4. The summed E-state index contributed by atoms with van der Waals surface area (Å²) in [5.41, 5.74) is 0.500. The Morgan fingerprint density at radius 1 is 1.19 bits per heavy atom. The molecule has 3 rings (SSSR count). The first kappa shape index (κ1) is 19.1. The largest absolute Gasteiger partial charge is 0.497 e. The molecule has 1 unspecified atom stereocenters. The van der Waals surface area contributed by atoms with Gasteiger partial charge in [0, 0.05) is 5.69 Å². The van der Waals surface area contributed by atoms with Gasteiger partial charge >= 0.3 is 6.18 Å².